The second kappa shape index (κ2) is 11.3. The van der Waals surface area contributed by atoms with Gasteiger partial charge in [0.25, 0.3) is 0 Å². The molecule has 0 heterocycles. The van der Waals surface area contributed by atoms with Crippen molar-refractivity contribution in [3.05, 3.63) is 29.8 Å². The van der Waals surface area contributed by atoms with Gasteiger partial charge >= 0.3 is 12.1 Å². The molecule has 1 aliphatic carbocycles. The molecule has 0 spiro atoms. The van der Waals surface area contributed by atoms with Crippen molar-refractivity contribution in [2.75, 3.05) is 7.11 Å². The van der Waals surface area contributed by atoms with Crippen LogP contribution in [0.5, 0.6) is 5.75 Å². The van der Waals surface area contributed by atoms with E-state index in [1.165, 1.54) is 7.11 Å². The van der Waals surface area contributed by atoms with Gasteiger partial charge in [0.1, 0.15) is 12.4 Å². The number of halogens is 3. The number of carbonyl (C=O) groups excluding carboxylic acids is 1. The summed E-state index contributed by atoms with van der Waals surface area (Å²) in [7, 11) is 1.52. The highest BCUT2D eigenvalue weighted by molar-refractivity contribution is 5.70. The summed E-state index contributed by atoms with van der Waals surface area (Å²) in [5, 5.41) is 0. The average Bonchev–Trinajstić information content (AvgIpc) is 2.64. The molecule has 1 unspecified atom stereocenters. The number of ether oxygens (including phenoxy) is 2. The molecule has 1 atom stereocenters. The highest BCUT2D eigenvalue weighted by atomic mass is 19.4. The van der Waals surface area contributed by atoms with E-state index in [1.54, 1.807) is 24.3 Å². The molecule has 2 rings (SSSR count). The number of methoxy groups -OCH3 is 1. The third kappa shape index (κ3) is 8.06. The zero-order valence-corrected chi connectivity index (χ0v) is 16.0. The van der Waals surface area contributed by atoms with E-state index in [2.05, 4.69) is 4.89 Å². The molecule has 5 nitrogen and oxygen atoms in total. The Balaban J connectivity index is 1.81. The molecular formula is C20H27F3O5. The van der Waals surface area contributed by atoms with E-state index in [4.69, 9.17) is 14.4 Å². The number of hydrogen-bond donors (Lipinski definition) is 0. The summed E-state index contributed by atoms with van der Waals surface area (Å²) in [6.07, 6.45) is -2.06. The largest absolute Gasteiger partial charge is 0.497 e. The Morgan fingerprint density at radius 1 is 1.07 bits per heavy atom. The van der Waals surface area contributed by atoms with Gasteiger partial charge in [-0.15, -0.1) is 0 Å². The normalized spacial score (nSPS) is 17.4. The topological polar surface area (TPSA) is 54.0 Å². The standard InChI is InChI=1S/C20H27F3O5/c1-25-16-11-9-15(10-12-16)14-26-19(24)13-18(20(21,22)23)28-27-17-7-5-3-2-4-6-8-17/h9-12,17-18H,2-8,13-14H2,1H3. The lowest BCUT2D eigenvalue weighted by Gasteiger charge is -2.24. The van der Waals surface area contributed by atoms with Crippen molar-refractivity contribution in [2.45, 2.75) is 76.4 Å². The summed E-state index contributed by atoms with van der Waals surface area (Å²) in [5.41, 5.74) is 0.643. The maximum absolute atomic E-state index is 13.2. The fourth-order valence-corrected chi connectivity index (χ4v) is 2.96. The minimum Gasteiger partial charge on any atom is -0.497 e. The van der Waals surface area contributed by atoms with Crippen molar-refractivity contribution in [3.63, 3.8) is 0 Å². The van der Waals surface area contributed by atoms with Gasteiger partial charge in [-0.3, -0.25) is 4.79 Å². The van der Waals surface area contributed by atoms with E-state index in [-0.39, 0.29) is 12.7 Å². The molecule has 28 heavy (non-hydrogen) atoms. The van der Waals surface area contributed by atoms with Crippen molar-refractivity contribution in [1.29, 1.82) is 0 Å². The molecule has 1 saturated carbocycles. The Morgan fingerprint density at radius 2 is 1.68 bits per heavy atom. The minimum absolute atomic E-state index is 0.128. The van der Waals surface area contributed by atoms with Gasteiger partial charge in [-0.2, -0.15) is 13.2 Å². The van der Waals surface area contributed by atoms with Gasteiger partial charge in [-0.1, -0.05) is 44.2 Å². The number of rotatable bonds is 8. The Morgan fingerprint density at radius 3 is 2.25 bits per heavy atom. The molecule has 0 amide bonds. The number of esters is 1. The maximum atomic E-state index is 13.2. The first-order chi connectivity index (χ1) is 13.4. The summed E-state index contributed by atoms with van der Waals surface area (Å²) < 4.78 is 49.6. The van der Waals surface area contributed by atoms with Gasteiger partial charge in [-0.05, 0) is 30.5 Å². The molecule has 0 aliphatic heterocycles. The van der Waals surface area contributed by atoms with E-state index in [0.29, 0.717) is 24.2 Å². The van der Waals surface area contributed by atoms with Crippen molar-refractivity contribution in [2.24, 2.45) is 0 Å². The molecule has 1 aromatic carbocycles. The maximum Gasteiger partial charge on any atom is 0.418 e. The first-order valence-electron chi connectivity index (χ1n) is 9.56. The van der Waals surface area contributed by atoms with Crippen molar-refractivity contribution < 1.29 is 37.2 Å². The Kier molecular flexibility index (Phi) is 9.05. The van der Waals surface area contributed by atoms with Crippen LogP contribution in [-0.2, 0) is 25.9 Å². The summed E-state index contributed by atoms with van der Waals surface area (Å²) in [6.45, 7) is -0.128. The lowest BCUT2D eigenvalue weighted by molar-refractivity contribution is -0.398. The third-order valence-corrected chi connectivity index (χ3v) is 4.64. The number of hydrogen-bond acceptors (Lipinski definition) is 5. The number of alkyl halides is 3. The van der Waals surface area contributed by atoms with E-state index < -0.39 is 24.7 Å². The van der Waals surface area contributed by atoms with Crippen LogP contribution in [0.4, 0.5) is 13.2 Å². The van der Waals surface area contributed by atoms with Crippen molar-refractivity contribution in [1.82, 2.24) is 0 Å². The molecule has 158 valence electrons. The first kappa shape index (κ1) is 22.5. The Labute approximate surface area is 163 Å². The quantitative estimate of drug-likeness (QED) is 0.342. The van der Waals surface area contributed by atoms with Gasteiger partial charge in [0, 0.05) is 0 Å². The Bertz CT molecular complexity index is 580. The van der Waals surface area contributed by atoms with E-state index in [0.717, 1.165) is 32.1 Å². The average molecular weight is 404 g/mol. The SMILES string of the molecule is COc1ccc(COC(=O)CC(OOC2CCCCCCC2)C(F)(F)F)cc1. The summed E-state index contributed by atoms with van der Waals surface area (Å²) in [6, 6.07) is 6.68. The van der Waals surface area contributed by atoms with Crippen LogP contribution in [0.3, 0.4) is 0 Å². The van der Waals surface area contributed by atoms with Crippen LogP contribution >= 0.6 is 0 Å². The fraction of sp³-hybridized carbons (Fsp3) is 0.650. The highest BCUT2D eigenvalue weighted by Crippen LogP contribution is 2.28. The fourth-order valence-electron chi connectivity index (χ4n) is 2.96. The Hall–Kier alpha value is -1.80. The first-order valence-corrected chi connectivity index (χ1v) is 9.56. The monoisotopic (exact) mass is 404 g/mol. The zero-order valence-electron chi connectivity index (χ0n) is 16.0. The van der Waals surface area contributed by atoms with Gasteiger partial charge < -0.3 is 9.47 Å². The summed E-state index contributed by atoms with van der Waals surface area (Å²) >= 11 is 0. The molecule has 8 heteroatoms. The van der Waals surface area contributed by atoms with Crippen molar-refractivity contribution in [3.8, 4) is 5.75 Å². The highest BCUT2D eigenvalue weighted by Gasteiger charge is 2.44. The lowest BCUT2D eigenvalue weighted by Crippen LogP contribution is -2.35. The third-order valence-electron chi connectivity index (χ3n) is 4.64. The van der Waals surface area contributed by atoms with Crippen LogP contribution < -0.4 is 4.74 Å². The van der Waals surface area contributed by atoms with Crippen LogP contribution in [-0.4, -0.2) is 31.5 Å². The minimum atomic E-state index is -4.72. The molecule has 0 bridgehead atoms. The van der Waals surface area contributed by atoms with Crippen molar-refractivity contribution >= 4 is 5.97 Å². The number of carbonyl (C=O) groups is 1. The predicted octanol–water partition coefficient (Wildman–Crippen LogP) is 5.12. The molecule has 1 aromatic rings. The van der Waals surface area contributed by atoms with Gasteiger partial charge in [0.15, 0.2) is 6.10 Å². The predicted molar refractivity (Wildman–Crippen MR) is 95.5 cm³/mol. The zero-order chi connectivity index (χ0) is 20.4. The van der Waals surface area contributed by atoms with Gasteiger partial charge in [0.2, 0.25) is 0 Å². The van der Waals surface area contributed by atoms with Gasteiger partial charge in [-0.25, -0.2) is 9.78 Å². The molecule has 0 N–H and O–H groups in total. The van der Waals surface area contributed by atoms with Crippen LogP contribution in [0.15, 0.2) is 24.3 Å². The van der Waals surface area contributed by atoms with E-state index >= 15 is 0 Å². The smallest absolute Gasteiger partial charge is 0.418 e. The molecule has 1 aliphatic rings. The van der Waals surface area contributed by atoms with Crippen LogP contribution in [0.2, 0.25) is 0 Å². The van der Waals surface area contributed by atoms with Crippen LogP contribution in [0.25, 0.3) is 0 Å². The van der Waals surface area contributed by atoms with E-state index in [9.17, 15) is 18.0 Å². The molecule has 1 fully saturated rings. The molecule has 0 saturated heterocycles. The second-order valence-corrected chi connectivity index (χ2v) is 6.90. The summed E-state index contributed by atoms with van der Waals surface area (Å²) in [4.78, 5) is 21.6. The number of benzene rings is 1. The lowest BCUT2D eigenvalue weighted by atomic mass is 9.99. The summed E-state index contributed by atoms with van der Waals surface area (Å²) in [5.74, 6) is -0.369. The van der Waals surface area contributed by atoms with Gasteiger partial charge in [0.05, 0.1) is 19.6 Å². The molecule has 0 aromatic heterocycles. The molecular weight excluding hydrogens is 377 g/mol. The van der Waals surface area contributed by atoms with Crippen LogP contribution in [0, 0.1) is 0 Å². The second-order valence-electron chi connectivity index (χ2n) is 6.90. The molecule has 0 radical (unpaired) electrons. The van der Waals surface area contributed by atoms with E-state index in [1.807, 2.05) is 0 Å². The van der Waals surface area contributed by atoms with Crippen LogP contribution in [0.1, 0.15) is 56.9 Å².